The molecule has 0 spiro atoms. The molecule has 1 atom stereocenters. The average molecular weight is 331 g/mol. The van der Waals surface area contributed by atoms with Crippen molar-refractivity contribution in [3.05, 3.63) is 52.0 Å². The quantitative estimate of drug-likeness (QED) is 0.390. The Morgan fingerprint density at radius 2 is 2.13 bits per heavy atom. The second-order valence-corrected chi connectivity index (χ2v) is 5.32. The number of ketones is 1. The van der Waals surface area contributed by atoms with Crippen LogP contribution in [0, 0.1) is 11.8 Å². The van der Waals surface area contributed by atoms with Crippen molar-refractivity contribution in [3.8, 4) is 11.8 Å². The van der Waals surface area contributed by atoms with E-state index in [1.807, 2.05) is 6.92 Å². The van der Waals surface area contributed by atoms with Crippen LogP contribution in [0.15, 0.2) is 35.7 Å². The fraction of sp³-hybridized carbons (Fsp3) is 0.235. The molecule has 2 rings (SSSR count). The van der Waals surface area contributed by atoms with E-state index < -0.39 is 6.04 Å². The van der Waals surface area contributed by atoms with Gasteiger partial charge in [0.25, 0.3) is 0 Å². The standard InChI is InChI=1S/C17H15ClN2O3/c1-10-6-15(17(22)23-3)19-8-12(10)4-5-13-9-20-16(18)7-14(13)11(2)21/h6-9,15,19H,1-3H3. The summed E-state index contributed by atoms with van der Waals surface area (Å²) in [6.45, 7) is 3.30. The Hall–Kier alpha value is -2.58. The van der Waals surface area contributed by atoms with Crippen LogP contribution in [-0.2, 0) is 9.53 Å². The maximum atomic E-state index is 11.6. The number of halogens is 1. The molecule has 118 valence electrons. The highest BCUT2D eigenvalue weighted by atomic mass is 35.5. The number of Topliss-reactive ketones (excluding diaryl/α,β-unsaturated/α-hetero) is 1. The van der Waals surface area contributed by atoms with Crippen molar-refractivity contribution in [1.29, 1.82) is 0 Å². The van der Waals surface area contributed by atoms with E-state index in [0.717, 1.165) is 11.1 Å². The fourth-order valence-electron chi connectivity index (χ4n) is 2.03. The molecule has 2 heterocycles. The Bertz CT molecular complexity index is 785. The molecule has 0 fully saturated rings. The second-order valence-electron chi connectivity index (χ2n) is 4.93. The normalized spacial score (nSPS) is 16.3. The number of hydrogen-bond acceptors (Lipinski definition) is 5. The van der Waals surface area contributed by atoms with Crippen molar-refractivity contribution < 1.29 is 14.3 Å². The van der Waals surface area contributed by atoms with Crippen LogP contribution in [0.3, 0.4) is 0 Å². The smallest absolute Gasteiger partial charge is 0.332 e. The predicted octanol–water partition coefficient (Wildman–Crippen LogP) is 2.26. The molecule has 0 radical (unpaired) electrons. The van der Waals surface area contributed by atoms with Gasteiger partial charge in [-0.25, -0.2) is 9.78 Å². The molecule has 0 bridgehead atoms. The van der Waals surface area contributed by atoms with E-state index in [1.54, 1.807) is 12.3 Å². The van der Waals surface area contributed by atoms with Crippen molar-refractivity contribution in [3.63, 3.8) is 0 Å². The summed E-state index contributed by atoms with van der Waals surface area (Å²) in [5, 5.41) is 3.16. The van der Waals surface area contributed by atoms with Gasteiger partial charge in [0.1, 0.15) is 11.2 Å². The molecule has 5 nitrogen and oxygen atoms in total. The maximum absolute atomic E-state index is 11.6. The molecular weight excluding hydrogens is 316 g/mol. The third-order valence-electron chi connectivity index (χ3n) is 3.29. The van der Waals surface area contributed by atoms with E-state index >= 15 is 0 Å². The minimum absolute atomic E-state index is 0.132. The lowest BCUT2D eigenvalue weighted by Gasteiger charge is -2.17. The molecule has 1 unspecified atom stereocenters. The summed E-state index contributed by atoms with van der Waals surface area (Å²) in [5.74, 6) is 5.40. The number of allylic oxidation sites excluding steroid dienone is 2. The molecule has 0 amide bonds. The summed E-state index contributed by atoms with van der Waals surface area (Å²) in [5.41, 5.74) is 2.49. The number of pyridine rings is 1. The summed E-state index contributed by atoms with van der Waals surface area (Å²) in [6.07, 6.45) is 4.86. The van der Waals surface area contributed by atoms with Gasteiger partial charge in [-0.05, 0) is 31.6 Å². The highest BCUT2D eigenvalue weighted by Crippen LogP contribution is 2.16. The number of nitrogens with zero attached hydrogens (tertiary/aromatic N) is 1. The van der Waals surface area contributed by atoms with E-state index in [4.69, 9.17) is 11.6 Å². The summed E-state index contributed by atoms with van der Waals surface area (Å²) in [4.78, 5) is 27.1. The highest BCUT2D eigenvalue weighted by molar-refractivity contribution is 6.29. The Morgan fingerprint density at radius 1 is 1.39 bits per heavy atom. The van der Waals surface area contributed by atoms with Crippen LogP contribution in [0.5, 0.6) is 0 Å². The molecule has 1 aromatic rings. The van der Waals surface area contributed by atoms with E-state index in [2.05, 4.69) is 26.9 Å². The third-order valence-corrected chi connectivity index (χ3v) is 3.49. The Kier molecular flexibility index (Phi) is 5.20. The number of carbonyl (C=O) groups is 2. The van der Waals surface area contributed by atoms with Gasteiger partial charge in [-0.15, -0.1) is 0 Å². The van der Waals surface area contributed by atoms with Crippen LogP contribution in [-0.4, -0.2) is 29.9 Å². The molecule has 1 aliphatic heterocycles. The number of nitrogens with one attached hydrogen (secondary N) is 1. The van der Waals surface area contributed by atoms with Gasteiger partial charge in [-0.1, -0.05) is 23.4 Å². The van der Waals surface area contributed by atoms with Crippen molar-refractivity contribution in [2.24, 2.45) is 0 Å². The number of esters is 1. The van der Waals surface area contributed by atoms with E-state index in [0.29, 0.717) is 11.1 Å². The summed E-state index contributed by atoms with van der Waals surface area (Å²) in [6, 6.07) is 0.979. The number of methoxy groups -OCH3 is 1. The molecule has 0 aromatic carbocycles. The van der Waals surface area contributed by atoms with Crippen molar-refractivity contribution in [2.45, 2.75) is 19.9 Å². The minimum atomic E-state index is -0.518. The SMILES string of the molecule is COC(=O)C1C=C(C)C(C#Cc2cnc(Cl)cc2C(C)=O)=CN1. The van der Waals surface area contributed by atoms with Crippen LogP contribution in [0.25, 0.3) is 0 Å². The first kappa shape index (κ1) is 16.8. The topological polar surface area (TPSA) is 68.3 Å². The average Bonchev–Trinajstić information content (AvgIpc) is 2.53. The molecule has 0 aliphatic carbocycles. The predicted molar refractivity (Wildman–Crippen MR) is 86.9 cm³/mol. The molecular formula is C17H15ClN2O3. The lowest BCUT2D eigenvalue weighted by Crippen LogP contribution is -2.35. The molecule has 1 aliphatic rings. The Labute approximate surface area is 139 Å². The zero-order valence-electron chi connectivity index (χ0n) is 12.9. The van der Waals surface area contributed by atoms with Gasteiger partial charge in [0.2, 0.25) is 0 Å². The maximum Gasteiger partial charge on any atom is 0.332 e. The van der Waals surface area contributed by atoms with Gasteiger partial charge in [0.05, 0.1) is 12.7 Å². The van der Waals surface area contributed by atoms with Gasteiger partial charge in [0.15, 0.2) is 5.78 Å². The number of rotatable bonds is 2. The van der Waals surface area contributed by atoms with Gasteiger partial charge < -0.3 is 10.1 Å². The Morgan fingerprint density at radius 3 is 2.74 bits per heavy atom. The van der Waals surface area contributed by atoms with Gasteiger partial charge in [0, 0.05) is 23.5 Å². The van der Waals surface area contributed by atoms with Crippen LogP contribution in [0.1, 0.15) is 29.8 Å². The summed E-state index contributed by atoms with van der Waals surface area (Å²) in [7, 11) is 1.34. The van der Waals surface area contributed by atoms with Crippen molar-refractivity contribution in [1.82, 2.24) is 10.3 Å². The largest absolute Gasteiger partial charge is 0.467 e. The molecule has 1 N–H and O–H groups in total. The molecule has 0 saturated carbocycles. The number of carbonyl (C=O) groups excluding carboxylic acids is 2. The van der Waals surface area contributed by atoms with Gasteiger partial charge in [-0.3, -0.25) is 4.79 Å². The molecule has 1 aromatic heterocycles. The number of hydrogen-bond donors (Lipinski definition) is 1. The number of dihydropyridines is 1. The number of aromatic nitrogens is 1. The van der Waals surface area contributed by atoms with E-state index in [1.165, 1.54) is 26.3 Å². The first-order chi connectivity index (χ1) is 10.9. The minimum Gasteiger partial charge on any atom is -0.467 e. The van der Waals surface area contributed by atoms with Crippen LogP contribution >= 0.6 is 11.6 Å². The monoisotopic (exact) mass is 330 g/mol. The van der Waals surface area contributed by atoms with E-state index in [-0.39, 0.29) is 16.9 Å². The molecule has 0 saturated heterocycles. The van der Waals surface area contributed by atoms with Crippen LogP contribution in [0.2, 0.25) is 5.15 Å². The zero-order valence-corrected chi connectivity index (χ0v) is 13.7. The zero-order chi connectivity index (χ0) is 17.0. The summed E-state index contributed by atoms with van der Waals surface area (Å²) < 4.78 is 4.69. The number of ether oxygens (including phenoxy) is 1. The lowest BCUT2D eigenvalue weighted by molar-refractivity contribution is -0.141. The van der Waals surface area contributed by atoms with Crippen LogP contribution < -0.4 is 5.32 Å². The second kappa shape index (κ2) is 7.12. The summed E-state index contributed by atoms with van der Waals surface area (Å²) >= 11 is 5.81. The highest BCUT2D eigenvalue weighted by Gasteiger charge is 2.19. The Balaban J connectivity index is 2.27. The lowest BCUT2D eigenvalue weighted by atomic mass is 10.0. The van der Waals surface area contributed by atoms with Crippen molar-refractivity contribution in [2.75, 3.05) is 7.11 Å². The molecule has 23 heavy (non-hydrogen) atoms. The first-order valence-electron chi connectivity index (χ1n) is 6.83. The fourth-order valence-corrected chi connectivity index (χ4v) is 2.19. The first-order valence-corrected chi connectivity index (χ1v) is 7.21. The third kappa shape index (κ3) is 3.99. The van der Waals surface area contributed by atoms with E-state index in [9.17, 15) is 9.59 Å². The van der Waals surface area contributed by atoms with Gasteiger partial charge >= 0.3 is 5.97 Å². The molecule has 6 heteroatoms. The van der Waals surface area contributed by atoms with Gasteiger partial charge in [-0.2, -0.15) is 0 Å². The van der Waals surface area contributed by atoms with Crippen molar-refractivity contribution >= 4 is 23.4 Å². The van der Waals surface area contributed by atoms with Crippen LogP contribution in [0.4, 0.5) is 0 Å².